The highest BCUT2D eigenvalue weighted by atomic mass is 35.5. The molecule has 0 radical (unpaired) electrons. The fourth-order valence-corrected chi connectivity index (χ4v) is 9.84. The molecule has 0 unspecified atom stereocenters. The molecule has 12 nitrogen and oxygen atoms in total. The van der Waals surface area contributed by atoms with E-state index in [4.69, 9.17) is 46.4 Å². The lowest BCUT2D eigenvalue weighted by Gasteiger charge is -2.21. The Hall–Kier alpha value is -7.74. The summed E-state index contributed by atoms with van der Waals surface area (Å²) in [4.78, 5) is 46.3. The molecule has 4 N–H and O–H groups in total. The molecule has 0 amide bonds. The second-order valence-corrected chi connectivity index (χ2v) is 19.3. The van der Waals surface area contributed by atoms with Gasteiger partial charge in [-0.15, -0.1) is 0 Å². The van der Waals surface area contributed by atoms with Gasteiger partial charge in [-0.2, -0.15) is 0 Å². The summed E-state index contributed by atoms with van der Waals surface area (Å²) in [6.07, 6.45) is 3.87. The average Bonchev–Trinajstić information content (AvgIpc) is 3.37. The molecule has 2 heterocycles. The number of carbonyl (C=O) groups is 2. The molecule has 0 bridgehead atoms. The molecule has 6 aromatic carbocycles. The molecule has 2 aromatic heterocycles. The van der Waals surface area contributed by atoms with Gasteiger partial charge in [0, 0.05) is 94.5 Å². The Labute approximate surface area is 446 Å². The quantitative estimate of drug-likeness (QED) is 0.0471. The first-order valence-electron chi connectivity index (χ1n) is 22.9. The zero-order valence-electron chi connectivity index (χ0n) is 40.3. The van der Waals surface area contributed by atoms with Crippen molar-refractivity contribution in [2.24, 2.45) is 24.4 Å². The van der Waals surface area contributed by atoms with Crippen molar-refractivity contribution in [3.8, 4) is 22.3 Å². The molecule has 16 heteroatoms. The second kappa shape index (κ2) is 23.9. The summed E-state index contributed by atoms with van der Waals surface area (Å²) in [7, 11) is 3.27. The fraction of sp³-hybridized carbons (Fsp3) is 0.138. The maximum absolute atomic E-state index is 11.9. The van der Waals surface area contributed by atoms with Gasteiger partial charge in [-0.25, -0.2) is 9.59 Å². The van der Waals surface area contributed by atoms with Gasteiger partial charge in [-0.3, -0.25) is 9.59 Å². The molecule has 0 fully saturated rings. The number of aromatic carboxylic acids is 2. The van der Waals surface area contributed by atoms with Gasteiger partial charge in [0.1, 0.15) is 0 Å². The van der Waals surface area contributed by atoms with E-state index in [1.807, 2.05) is 74.5 Å². The van der Waals surface area contributed by atoms with E-state index in [9.17, 15) is 39.8 Å². The predicted octanol–water partition coefficient (Wildman–Crippen LogP) is 13.5. The number of oxime groups is 2. The summed E-state index contributed by atoms with van der Waals surface area (Å²) in [5.41, 5.74) is 11.1. The number of aromatic nitrogens is 2. The number of rotatable bonds is 14. The Bertz CT molecular complexity index is 3350. The number of carboxylic acids is 2. The SMILES string of the molecule is Cc1cc(C(=O)O)ccc1-c1ccc([C@@H](C/C(=N\O)c2ccc(=O)n(C)c2)c2ccc(Cl)cc2Cl)cc1.Cc1cc(C(=O)O)ccc1-c1ccc([C@H](C/C(=N\O)c2ccc(=O)n(C)c2)c2ccc(Cl)cc2Cl)cc1. The van der Waals surface area contributed by atoms with Gasteiger partial charge in [0.15, 0.2) is 0 Å². The fourth-order valence-electron chi connectivity index (χ4n) is 8.76. The highest BCUT2D eigenvalue weighted by Crippen LogP contribution is 2.39. The van der Waals surface area contributed by atoms with E-state index in [2.05, 4.69) is 10.3 Å². The number of nitrogens with zero attached hydrogens (tertiary/aromatic N) is 4. The summed E-state index contributed by atoms with van der Waals surface area (Å²) in [5.74, 6) is -2.49. The van der Waals surface area contributed by atoms with Crippen molar-refractivity contribution in [3.05, 3.63) is 254 Å². The van der Waals surface area contributed by atoms with E-state index in [1.54, 1.807) is 99.3 Å². The normalized spacial score (nSPS) is 12.4. The first-order valence-corrected chi connectivity index (χ1v) is 24.4. The number of hydrogen-bond acceptors (Lipinski definition) is 8. The Morgan fingerprint density at radius 1 is 0.486 bits per heavy atom. The summed E-state index contributed by atoms with van der Waals surface area (Å²) in [6.45, 7) is 3.76. The van der Waals surface area contributed by atoms with Crippen molar-refractivity contribution >= 4 is 69.8 Å². The molecular formula is C58H48Cl4N4O8. The minimum absolute atomic E-state index is 0.166. The van der Waals surface area contributed by atoms with Crippen molar-refractivity contribution in [1.82, 2.24) is 9.13 Å². The molecule has 0 saturated carbocycles. The number of halogens is 4. The number of hydrogen-bond donors (Lipinski definition) is 4. The van der Waals surface area contributed by atoms with Crippen LogP contribution in [-0.2, 0) is 14.1 Å². The summed E-state index contributed by atoms with van der Waals surface area (Å²) < 4.78 is 2.86. The summed E-state index contributed by atoms with van der Waals surface area (Å²) in [6, 6.07) is 42.6. The van der Waals surface area contributed by atoms with Gasteiger partial charge in [-0.05, 0) is 130 Å². The van der Waals surface area contributed by atoms with Crippen LogP contribution in [0.5, 0.6) is 0 Å². The third kappa shape index (κ3) is 12.7. The average molecular weight is 1070 g/mol. The van der Waals surface area contributed by atoms with Gasteiger partial charge in [0.2, 0.25) is 11.1 Å². The van der Waals surface area contributed by atoms with Crippen LogP contribution in [0.25, 0.3) is 22.3 Å². The largest absolute Gasteiger partial charge is 0.478 e. The minimum Gasteiger partial charge on any atom is -0.478 e. The van der Waals surface area contributed by atoms with E-state index >= 15 is 0 Å². The van der Waals surface area contributed by atoms with Crippen LogP contribution in [0.3, 0.4) is 0 Å². The zero-order chi connectivity index (χ0) is 53.4. The number of aryl methyl sites for hydroxylation is 4. The molecule has 0 aliphatic heterocycles. The highest BCUT2D eigenvalue weighted by molar-refractivity contribution is 6.35. The Balaban J connectivity index is 0.000000216. The van der Waals surface area contributed by atoms with E-state index in [-0.39, 0.29) is 34.1 Å². The monoisotopic (exact) mass is 1070 g/mol. The Morgan fingerprint density at radius 2 is 0.838 bits per heavy atom. The van der Waals surface area contributed by atoms with E-state index in [0.717, 1.165) is 55.6 Å². The second-order valence-electron chi connectivity index (χ2n) is 17.6. The maximum Gasteiger partial charge on any atom is 0.335 e. The lowest BCUT2D eigenvalue weighted by atomic mass is 9.84. The first kappa shape index (κ1) is 54.0. The van der Waals surface area contributed by atoms with E-state index in [1.165, 1.54) is 21.3 Å². The summed E-state index contributed by atoms with van der Waals surface area (Å²) >= 11 is 25.5. The van der Waals surface area contributed by atoms with Crippen LogP contribution in [0.15, 0.2) is 178 Å². The number of pyridine rings is 2. The molecule has 8 rings (SSSR count). The molecule has 376 valence electrons. The van der Waals surface area contributed by atoms with E-state index < -0.39 is 11.9 Å². The van der Waals surface area contributed by atoms with Crippen LogP contribution in [0, 0.1) is 13.8 Å². The van der Waals surface area contributed by atoms with Gasteiger partial charge in [-0.1, -0.05) is 130 Å². The maximum atomic E-state index is 11.9. The molecule has 0 aliphatic carbocycles. The van der Waals surface area contributed by atoms with Crippen LogP contribution < -0.4 is 11.1 Å². The van der Waals surface area contributed by atoms with E-state index in [0.29, 0.717) is 55.5 Å². The third-order valence-electron chi connectivity index (χ3n) is 12.7. The molecule has 8 aromatic rings. The topological polar surface area (TPSA) is 184 Å². The lowest BCUT2D eigenvalue weighted by Crippen LogP contribution is -2.18. The van der Waals surface area contributed by atoms with Gasteiger partial charge in [0.05, 0.1) is 22.6 Å². The van der Waals surface area contributed by atoms with Crippen molar-refractivity contribution in [2.45, 2.75) is 38.5 Å². The van der Waals surface area contributed by atoms with Crippen molar-refractivity contribution in [3.63, 3.8) is 0 Å². The van der Waals surface area contributed by atoms with Crippen LogP contribution >= 0.6 is 46.4 Å². The molecule has 0 aliphatic rings. The van der Waals surface area contributed by atoms with Crippen molar-refractivity contribution in [2.75, 3.05) is 0 Å². The standard InChI is InChI=1S/2C29H24Cl2N2O4/c2*1-17-13-20(29(35)36)7-10-23(17)18-3-5-19(6-4-18)25(24-11-9-22(30)14-26(24)31)15-27(32-37)21-8-12-28(34)33(2)16-21/h2*3-14,16,25,37H,15H2,1-2H3,(H,35,36)/b2*32-27+/t2*25-/m10/s1. The van der Waals surface area contributed by atoms with Crippen molar-refractivity contribution < 1.29 is 30.2 Å². The van der Waals surface area contributed by atoms with Crippen LogP contribution in [0.2, 0.25) is 20.1 Å². The number of carboxylic acid groups (broad SMARTS) is 2. The molecule has 74 heavy (non-hydrogen) atoms. The predicted molar refractivity (Wildman–Crippen MR) is 293 cm³/mol. The Kier molecular flexibility index (Phi) is 17.4. The van der Waals surface area contributed by atoms with Gasteiger partial charge < -0.3 is 29.8 Å². The van der Waals surface area contributed by atoms with Crippen molar-refractivity contribution in [1.29, 1.82) is 0 Å². The minimum atomic E-state index is -0.965. The first-order chi connectivity index (χ1) is 35.3. The molecular weight excluding hydrogens is 1020 g/mol. The van der Waals surface area contributed by atoms with Gasteiger partial charge >= 0.3 is 11.9 Å². The molecule has 2 atom stereocenters. The lowest BCUT2D eigenvalue weighted by molar-refractivity contribution is 0.0686. The molecule has 0 spiro atoms. The van der Waals surface area contributed by atoms with Crippen LogP contribution in [0.1, 0.15) is 89.9 Å². The Morgan fingerprint density at radius 3 is 1.14 bits per heavy atom. The highest BCUT2D eigenvalue weighted by Gasteiger charge is 2.24. The molecule has 0 saturated heterocycles. The van der Waals surface area contributed by atoms with Crippen LogP contribution in [-0.4, -0.2) is 53.1 Å². The third-order valence-corrected chi connectivity index (χ3v) is 13.9. The smallest absolute Gasteiger partial charge is 0.335 e. The van der Waals surface area contributed by atoms with Gasteiger partial charge in [0.25, 0.3) is 0 Å². The zero-order valence-corrected chi connectivity index (χ0v) is 43.3. The number of benzene rings is 6. The van der Waals surface area contributed by atoms with Crippen LogP contribution in [0.4, 0.5) is 0 Å². The summed E-state index contributed by atoms with van der Waals surface area (Å²) in [5, 5.41) is 47.4.